The molecule has 0 heterocycles. The predicted octanol–water partition coefficient (Wildman–Crippen LogP) is -0.366. The Bertz CT molecular complexity index is 178. The summed E-state index contributed by atoms with van der Waals surface area (Å²) in [5, 5.41) is 3.01. The number of nitrogens with two attached hydrogens (primary N) is 2. The van der Waals surface area contributed by atoms with Crippen molar-refractivity contribution in [3.8, 4) is 0 Å². The minimum Gasteiger partial charge on any atom is -0.370 e. The van der Waals surface area contributed by atoms with Gasteiger partial charge in [-0.2, -0.15) is 4.99 Å². The molecule has 0 bridgehead atoms. The van der Waals surface area contributed by atoms with Crippen LogP contribution < -0.4 is 16.8 Å². The van der Waals surface area contributed by atoms with Crippen LogP contribution in [0.5, 0.6) is 0 Å². The number of guanidine groups is 2. The number of nitrogens with one attached hydrogen (secondary N) is 1. The minimum absolute atomic E-state index is 0.0235. The van der Waals surface area contributed by atoms with Crippen molar-refractivity contribution >= 4 is 11.9 Å². The first-order chi connectivity index (χ1) is 5.56. The van der Waals surface area contributed by atoms with Crippen molar-refractivity contribution in [2.75, 3.05) is 6.54 Å². The first kappa shape index (κ1) is 10.7. The van der Waals surface area contributed by atoms with Crippen LogP contribution in [0.15, 0.2) is 9.98 Å². The second kappa shape index (κ2) is 5.40. The Labute approximate surface area is 72.9 Å². The highest BCUT2D eigenvalue weighted by atomic mass is 15.2. The fraction of sp³-hybridized carbons (Fsp3) is 0.714. The van der Waals surface area contributed by atoms with Gasteiger partial charge in [-0.3, -0.25) is 4.99 Å². The molecule has 5 heteroatoms. The van der Waals surface area contributed by atoms with Gasteiger partial charge in [0.2, 0.25) is 5.96 Å². The van der Waals surface area contributed by atoms with Crippen LogP contribution in [0.25, 0.3) is 0 Å². The van der Waals surface area contributed by atoms with E-state index in [0.717, 1.165) is 0 Å². The summed E-state index contributed by atoms with van der Waals surface area (Å²) in [7, 11) is 0. The smallest absolute Gasteiger partial charge is 0.221 e. The molecule has 5 nitrogen and oxygen atoms in total. The average molecular weight is 171 g/mol. The molecule has 0 saturated heterocycles. The van der Waals surface area contributed by atoms with Crippen LogP contribution in [-0.2, 0) is 0 Å². The summed E-state index contributed by atoms with van der Waals surface area (Å²) in [6.45, 7) is 6.57. The number of aliphatic imine (C=N–C) groups is 2. The van der Waals surface area contributed by atoms with Gasteiger partial charge in [-0.1, -0.05) is 0 Å². The van der Waals surface area contributed by atoms with Gasteiger partial charge in [0.15, 0.2) is 5.96 Å². The Morgan fingerprint density at radius 2 is 2.00 bits per heavy atom. The molecule has 70 valence electrons. The zero-order chi connectivity index (χ0) is 9.56. The highest BCUT2D eigenvalue weighted by molar-refractivity contribution is 5.93. The van der Waals surface area contributed by atoms with Crippen LogP contribution in [0, 0.1) is 0 Å². The zero-order valence-electron chi connectivity index (χ0n) is 7.83. The molecule has 0 aromatic carbocycles. The molecule has 0 radical (unpaired) electrons. The third-order valence-electron chi connectivity index (χ3n) is 0.961. The SMILES string of the molecule is CCN=C(N=C(N)N)NC(C)C. The second-order valence-electron chi connectivity index (χ2n) is 2.63. The Kier molecular flexibility index (Phi) is 4.83. The van der Waals surface area contributed by atoms with Crippen LogP contribution in [-0.4, -0.2) is 24.5 Å². The largest absolute Gasteiger partial charge is 0.370 e. The van der Waals surface area contributed by atoms with Gasteiger partial charge < -0.3 is 16.8 Å². The molecule has 0 spiro atoms. The second-order valence-corrected chi connectivity index (χ2v) is 2.63. The maximum atomic E-state index is 5.21. The van der Waals surface area contributed by atoms with E-state index in [9.17, 15) is 0 Å². The van der Waals surface area contributed by atoms with Gasteiger partial charge in [0.1, 0.15) is 0 Å². The van der Waals surface area contributed by atoms with Crippen molar-refractivity contribution in [3.05, 3.63) is 0 Å². The van der Waals surface area contributed by atoms with Crippen molar-refractivity contribution in [2.24, 2.45) is 21.5 Å². The third-order valence-corrected chi connectivity index (χ3v) is 0.961. The number of hydrogen-bond donors (Lipinski definition) is 3. The van der Waals surface area contributed by atoms with Crippen LogP contribution in [0.2, 0.25) is 0 Å². The van der Waals surface area contributed by atoms with E-state index in [0.29, 0.717) is 12.5 Å². The van der Waals surface area contributed by atoms with Crippen molar-refractivity contribution in [1.82, 2.24) is 5.32 Å². The van der Waals surface area contributed by atoms with Gasteiger partial charge in [-0.15, -0.1) is 0 Å². The number of rotatable bonds is 2. The van der Waals surface area contributed by atoms with E-state index in [-0.39, 0.29) is 12.0 Å². The first-order valence-electron chi connectivity index (χ1n) is 3.96. The molecular weight excluding hydrogens is 154 g/mol. The highest BCUT2D eigenvalue weighted by Crippen LogP contribution is 1.82. The van der Waals surface area contributed by atoms with Crippen LogP contribution >= 0.6 is 0 Å². The van der Waals surface area contributed by atoms with Crippen LogP contribution in [0.1, 0.15) is 20.8 Å². The summed E-state index contributed by atoms with van der Waals surface area (Å²) in [6, 6.07) is 0.276. The molecule has 0 unspecified atom stereocenters. The van der Waals surface area contributed by atoms with Crippen molar-refractivity contribution in [2.45, 2.75) is 26.8 Å². The zero-order valence-corrected chi connectivity index (χ0v) is 7.83. The van der Waals surface area contributed by atoms with E-state index in [4.69, 9.17) is 11.5 Å². The molecular formula is C7H17N5. The van der Waals surface area contributed by atoms with Gasteiger partial charge >= 0.3 is 0 Å². The topological polar surface area (TPSA) is 88.8 Å². The normalized spacial score (nSPS) is 11.5. The Morgan fingerprint density at radius 3 is 2.33 bits per heavy atom. The molecule has 0 aliphatic carbocycles. The lowest BCUT2D eigenvalue weighted by Gasteiger charge is -2.08. The quantitative estimate of drug-likeness (QED) is 0.391. The average Bonchev–Trinajstić information content (AvgIpc) is 1.84. The van der Waals surface area contributed by atoms with E-state index in [1.165, 1.54) is 0 Å². The summed E-state index contributed by atoms with van der Waals surface area (Å²) in [5.41, 5.74) is 10.4. The minimum atomic E-state index is 0.0235. The Morgan fingerprint density at radius 1 is 1.42 bits per heavy atom. The molecule has 0 saturated carbocycles. The maximum Gasteiger partial charge on any atom is 0.221 e. The van der Waals surface area contributed by atoms with E-state index in [1.54, 1.807) is 0 Å². The Hall–Kier alpha value is -1.26. The molecule has 0 aliphatic heterocycles. The molecule has 0 aromatic heterocycles. The lowest BCUT2D eigenvalue weighted by molar-refractivity contribution is 0.725. The van der Waals surface area contributed by atoms with E-state index in [1.807, 2.05) is 20.8 Å². The molecule has 5 N–H and O–H groups in total. The van der Waals surface area contributed by atoms with E-state index >= 15 is 0 Å². The van der Waals surface area contributed by atoms with Crippen molar-refractivity contribution in [3.63, 3.8) is 0 Å². The van der Waals surface area contributed by atoms with E-state index < -0.39 is 0 Å². The third kappa shape index (κ3) is 5.52. The summed E-state index contributed by atoms with van der Waals surface area (Å²) < 4.78 is 0. The van der Waals surface area contributed by atoms with Gasteiger partial charge in [-0.25, -0.2) is 0 Å². The molecule has 0 atom stereocenters. The lowest BCUT2D eigenvalue weighted by Crippen LogP contribution is -2.33. The monoisotopic (exact) mass is 171 g/mol. The summed E-state index contributed by atoms with van der Waals surface area (Å²) >= 11 is 0. The van der Waals surface area contributed by atoms with Crippen molar-refractivity contribution in [1.29, 1.82) is 0 Å². The maximum absolute atomic E-state index is 5.21. The Balaban J connectivity index is 4.25. The van der Waals surface area contributed by atoms with Gasteiger partial charge in [-0.05, 0) is 20.8 Å². The molecule has 0 rings (SSSR count). The number of hydrogen-bond acceptors (Lipinski definition) is 1. The molecule has 0 aliphatic rings. The lowest BCUT2D eigenvalue weighted by atomic mass is 10.4. The number of nitrogens with zero attached hydrogens (tertiary/aromatic N) is 2. The van der Waals surface area contributed by atoms with Gasteiger partial charge in [0.05, 0.1) is 0 Å². The summed E-state index contributed by atoms with van der Waals surface area (Å²) in [5.74, 6) is 0.517. The fourth-order valence-corrected chi connectivity index (χ4v) is 0.644. The van der Waals surface area contributed by atoms with E-state index in [2.05, 4.69) is 15.3 Å². The van der Waals surface area contributed by atoms with Crippen LogP contribution in [0.3, 0.4) is 0 Å². The summed E-state index contributed by atoms with van der Waals surface area (Å²) in [4.78, 5) is 7.88. The predicted molar refractivity (Wildman–Crippen MR) is 52.1 cm³/mol. The van der Waals surface area contributed by atoms with Gasteiger partial charge in [0, 0.05) is 12.6 Å². The first-order valence-corrected chi connectivity index (χ1v) is 3.96. The summed E-state index contributed by atoms with van der Waals surface area (Å²) in [6.07, 6.45) is 0. The molecule has 0 aromatic rings. The van der Waals surface area contributed by atoms with Crippen LogP contribution in [0.4, 0.5) is 0 Å². The fourth-order valence-electron chi connectivity index (χ4n) is 0.644. The van der Waals surface area contributed by atoms with Crippen molar-refractivity contribution < 1.29 is 0 Å². The molecule has 0 amide bonds. The standard InChI is InChI=1S/C7H17N5/c1-4-10-7(11-5(2)3)12-6(8)9/h5H,4H2,1-3H3,(H5,8,9,10,11,12). The highest BCUT2D eigenvalue weighted by Gasteiger charge is 1.97. The molecule has 0 fully saturated rings. The van der Waals surface area contributed by atoms with Gasteiger partial charge in [0.25, 0.3) is 0 Å². The molecule has 12 heavy (non-hydrogen) atoms.